The van der Waals surface area contributed by atoms with E-state index in [0.717, 1.165) is 18.4 Å². The van der Waals surface area contributed by atoms with Crippen molar-refractivity contribution >= 4 is 0 Å². The molecule has 0 saturated carbocycles. The molecule has 1 aliphatic rings. The van der Waals surface area contributed by atoms with Crippen molar-refractivity contribution in [3.8, 4) is 0 Å². The van der Waals surface area contributed by atoms with Gasteiger partial charge >= 0.3 is 0 Å². The Kier molecular flexibility index (Phi) is 3.80. The van der Waals surface area contributed by atoms with E-state index in [2.05, 4.69) is 25.3 Å². The van der Waals surface area contributed by atoms with Crippen molar-refractivity contribution in [3.05, 3.63) is 12.7 Å². The minimum atomic E-state index is 0.786. The molecular formula is C11H21N. The SMILES string of the molecule is C=CCCN1CCC(C)CC1C. The van der Waals surface area contributed by atoms with Gasteiger partial charge in [-0.15, -0.1) is 6.58 Å². The van der Waals surface area contributed by atoms with Gasteiger partial charge in [0.2, 0.25) is 0 Å². The van der Waals surface area contributed by atoms with Gasteiger partial charge < -0.3 is 4.90 Å². The van der Waals surface area contributed by atoms with Crippen molar-refractivity contribution in [2.24, 2.45) is 5.92 Å². The number of hydrogen-bond donors (Lipinski definition) is 0. The Balaban J connectivity index is 2.29. The second-order valence-corrected chi connectivity index (χ2v) is 4.09. The van der Waals surface area contributed by atoms with E-state index in [1.807, 2.05) is 6.08 Å². The summed E-state index contributed by atoms with van der Waals surface area (Å²) in [5.74, 6) is 0.931. The Labute approximate surface area is 76.5 Å². The molecule has 1 fully saturated rings. The second kappa shape index (κ2) is 4.66. The maximum absolute atomic E-state index is 3.76. The van der Waals surface area contributed by atoms with Gasteiger partial charge in [0.05, 0.1) is 0 Å². The summed E-state index contributed by atoms with van der Waals surface area (Å²) in [4.78, 5) is 2.58. The van der Waals surface area contributed by atoms with Gasteiger partial charge in [-0.1, -0.05) is 13.0 Å². The molecule has 70 valence electrons. The monoisotopic (exact) mass is 167 g/mol. The average molecular weight is 167 g/mol. The van der Waals surface area contributed by atoms with Crippen molar-refractivity contribution in [2.75, 3.05) is 13.1 Å². The van der Waals surface area contributed by atoms with Crippen LogP contribution in [0.3, 0.4) is 0 Å². The van der Waals surface area contributed by atoms with Crippen molar-refractivity contribution in [1.82, 2.24) is 4.90 Å². The fourth-order valence-corrected chi connectivity index (χ4v) is 2.05. The lowest BCUT2D eigenvalue weighted by molar-refractivity contribution is 0.132. The van der Waals surface area contributed by atoms with Crippen LogP contribution in [0.5, 0.6) is 0 Å². The van der Waals surface area contributed by atoms with E-state index in [4.69, 9.17) is 0 Å². The molecular weight excluding hydrogens is 146 g/mol. The molecule has 0 N–H and O–H groups in total. The van der Waals surface area contributed by atoms with E-state index in [-0.39, 0.29) is 0 Å². The minimum Gasteiger partial charge on any atom is -0.300 e. The predicted molar refractivity (Wildman–Crippen MR) is 54.2 cm³/mol. The number of nitrogens with zero attached hydrogens (tertiary/aromatic N) is 1. The normalized spacial score (nSPS) is 31.8. The molecule has 1 heteroatoms. The topological polar surface area (TPSA) is 3.24 Å². The third-order valence-corrected chi connectivity index (χ3v) is 2.90. The van der Waals surface area contributed by atoms with E-state index in [9.17, 15) is 0 Å². The largest absolute Gasteiger partial charge is 0.300 e. The van der Waals surface area contributed by atoms with Crippen molar-refractivity contribution in [3.63, 3.8) is 0 Å². The van der Waals surface area contributed by atoms with Gasteiger partial charge in [-0.2, -0.15) is 0 Å². The lowest BCUT2D eigenvalue weighted by Gasteiger charge is -2.36. The average Bonchev–Trinajstić information content (AvgIpc) is 2.03. The van der Waals surface area contributed by atoms with Gasteiger partial charge in [0.1, 0.15) is 0 Å². The molecule has 2 unspecified atom stereocenters. The van der Waals surface area contributed by atoms with Gasteiger partial charge in [0.25, 0.3) is 0 Å². The number of piperidine rings is 1. The van der Waals surface area contributed by atoms with E-state index < -0.39 is 0 Å². The lowest BCUT2D eigenvalue weighted by Crippen LogP contribution is -2.40. The molecule has 0 radical (unpaired) electrons. The van der Waals surface area contributed by atoms with E-state index in [1.54, 1.807) is 0 Å². The highest BCUT2D eigenvalue weighted by molar-refractivity contribution is 4.79. The molecule has 1 nitrogen and oxygen atoms in total. The van der Waals surface area contributed by atoms with Crippen LogP contribution in [0.2, 0.25) is 0 Å². The minimum absolute atomic E-state index is 0.786. The van der Waals surface area contributed by atoms with Gasteiger partial charge in [-0.3, -0.25) is 0 Å². The zero-order valence-corrected chi connectivity index (χ0v) is 8.42. The summed E-state index contributed by atoms with van der Waals surface area (Å²) in [5, 5.41) is 0. The first kappa shape index (κ1) is 9.79. The quantitative estimate of drug-likeness (QED) is 0.584. The fraction of sp³-hybridized carbons (Fsp3) is 0.818. The predicted octanol–water partition coefficient (Wildman–Crippen LogP) is 2.68. The molecule has 0 bridgehead atoms. The number of rotatable bonds is 3. The Morgan fingerprint density at radius 2 is 2.25 bits per heavy atom. The summed E-state index contributed by atoms with van der Waals surface area (Å²) in [7, 11) is 0. The summed E-state index contributed by atoms with van der Waals surface area (Å²) in [6.07, 6.45) is 5.90. The first-order valence-electron chi connectivity index (χ1n) is 5.09. The third kappa shape index (κ3) is 2.63. The van der Waals surface area contributed by atoms with Crippen LogP contribution in [0, 0.1) is 5.92 Å². The summed E-state index contributed by atoms with van der Waals surface area (Å²) < 4.78 is 0. The third-order valence-electron chi connectivity index (χ3n) is 2.90. The van der Waals surface area contributed by atoms with E-state index >= 15 is 0 Å². The van der Waals surface area contributed by atoms with Crippen LogP contribution >= 0.6 is 0 Å². The van der Waals surface area contributed by atoms with Crippen LogP contribution in [-0.4, -0.2) is 24.0 Å². The molecule has 0 spiro atoms. The highest BCUT2D eigenvalue weighted by atomic mass is 15.2. The maximum atomic E-state index is 3.76. The molecule has 2 atom stereocenters. The Bertz CT molecular complexity index is 142. The summed E-state index contributed by atoms with van der Waals surface area (Å²) in [6, 6.07) is 0.786. The van der Waals surface area contributed by atoms with E-state index in [1.165, 1.54) is 25.9 Å². The molecule has 0 aromatic rings. The smallest absolute Gasteiger partial charge is 0.00695 e. The summed E-state index contributed by atoms with van der Waals surface area (Å²) >= 11 is 0. The molecule has 1 saturated heterocycles. The van der Waals surface area contributed by atoms with Crippen LogP contribution in [-0.2, 0) is 0 Å². The molecule has 0 aliphatic carbocycles. The van der Waals surface area contributed by atoms with Gasteiger partial charge in [0.15, 0.2) is 0 Å². The first-order valence-corrected chi connectivity index (χ1v) is 5.09. The Hall–Kier alpha value is -0.300. The molecule has 0 amide bonds. The molecule has 0 aromatic carbocycles. The zero-order chi connectivity index (χ0) is 8.97. The highest BCUT2D eigenvalue weighted by Crippen LogP contribution is 2.21. The standard InChI is InChI=1S/C11H21N/c1-4-5-7-12-8-6-10(2)9-11(12)3/h4,10-11H,1,5-9H2,2-3H3. The highest BCUT2D eigenvalue weighted by Gasteiger charge is 2.21. The van der Waals surface area contributed by atoms with E-state index in [0.29, 0.717) is 0 Å². The van der Waals surface area contributed by atoms with Crippen LogP contribution in [0.4, 0.5) is 0 Å². The fourth-order valence-electron chi connectivity index (χ4n) is 2.05. The molecule has 0 aromatic heterocycles. The van der Waals surface area contributed by atoms with Crippen molar-refractivity contribution in [1.29, 1.82) is 0 Å². The molecule has 1 aliphatic heterocycles. The number of likely N-dealkylation sites (tertiary alicyclic amines) is 1. The molecule has 1 heterocycles. The Morgan fingerprint density at radius 3 is 2.83 bits per heavy atom. The van der Waals surface area contributed by atoms with Gasteiger partial charge in [-0.25, -0.2) is 0 Å². The summed E-state index contributed by atoms with van der Waals surface area (Å²) in [6.45, 7) is 11.0. The zero-order valence-electron chi connectivity index (χ0n) is 8.42. The van der Waals surface area contributed by atoms with Crippen LogP contribution < -0.4 is 0 Å². The Morgan fingerprint density at radius 1 is 1.50 bits per heavy atom. The first-order chi connectivity index (χ1) is 5.74. The second-order valence-electron chi connectivity index (χ2n) is 4.09. The van der Waals surface area contributed by atoms with Crippen LogP contribution in [0.15, 0.2) is 12.7 Å². The van der Waals surface area contributed by atoms with Gasteiger partial charge in [0, 0.05) is 12.6 Å². The maximum Gasteiger partial charge on any atom is 0.00695 e. The van der Waals surface area contributed by atoms with Gasteiger partial charge in [-0.05, 0) is 38.6 Å². The van der Waals surface area contributed by atoms with Crippen molar-refractivity contribution < 1.29 is 0 Å². The molecule has 12 heavy (non-hydrogen) atoms. The van der Waals surface area contributed by atoms with Crippen molar-refractivity contribution in [2.45, 2.75) is 39.2 Å². The summed E-state index contributed by atoms with van der Waals surface area (Å²) in [5.41, 5.74) is 0. The van der Waals surface area contributed by atoms with Crippen LogP contribution in [0.25, 0.3) is 0 Å². The van der Waals surface area contributed by atoms with Crippen LogP contribution in [0.1, 0.15) is 33.1 Å². The molecule has 1 rings (SSSR count). The lowest BCUT2D eigenvalue weighted by atomic mass is 9.93. The number of hydrogen-bond acceptors (Lipinski definition) is 1.